The summed E-state index contributed by atoms with van der Waals surface area (Å²) in [5.41, 5.74) is 2.24. The molecule has 0 fully saturated rings. The van der Waals surface area contributed by atoms with Gasteiger partial charge in [0.15, 0.2) is 6.29 Å². The van der Waals surface area contributed by atoms with Gasteiger partial charge in [-0.3, -0.25) is 4.98 Å². The molecule has 1 aromatic carbocycles. The average molecular weight is 260 g/mol. The summed E-state index contributed by atoms with van der Waals surface area (Å²) in [4.78, 5) is 4.31. The Labute approximate surface area is 113 Å². The zero-order chi connectivity index (χ0) is 13.7. The highest BCUT2D eigenvalue weighted by atomic mass is 16.7. The van der Waals surface area contributed by atoms with Gasteiger partial charge in [-0.1, -0.05) is 12.1 Å². The van der Waals surface area contributed by atoms with Crippen molar-refractivity contribution in [3.8, 4) is 0 Å². The van der Waals surface area contributed by atoms with Crippen LogP contribution in [-0.2, 0) is 16.0 Å². The normalized spacial score (nSPS) is 13.1. The van der Waals surface area contributed by atoms with E-state index in [2.05, 4.69) is 28.5 Å². The van der Waals surface area contributed by atoms with Crippen LogP contribution in [0.5, 0.6) is 0 Å². The van der Waals surface area contributed by atoms with Gasteiger partial charge in [-0.15, -0.1) is 0 Å². The Bertz CT molecular complexity index is 526. The molecule has 0 radical (unpaired) electrons. The molecule has 102 valence electrons. The number of hydrogen-bond donors (Lipinski definition) is 1. The summed E-state index contributed by atoms with van der Waals surface area (Å²) in [6.45, 7) is 2.81. The van der Waals surface area contributed by atoms with Gasteiger partial charge in [0, 0.05) is 32.3 Å². The van der Waals surface area contributed by atoms with Crippen LogP contribution < -0.4 is 5.32 Å². The number of rotatable bonds is 6. The molecule has 1 atom stereocenters. The van der Waals surface area contributed by atoms with Crippen molar-refractivity contribution in [3.63, 3.8) is 0 Å². The Kier molecular flexibility index (Phi) is 4.85. The van der Waals surface area contributed by atoms with Gasteiger partial charge in [0.25, 0.3) is 0 Å². The fourth-order valence-corrected chi connectivity index (χ4v) is 2.11. The van der Waals surface area contributed by atoms with Crippen LogP contribution in [0.3, 0.4) is 0 Å². The highest BCUT2D eigenvalue weighted by Gasteiger charge is 2.14. The van der Waals surface area contributed by atoms with Gasteiger partial charge < -0.3 is 14.8 Å². The molecular weight excluding hydrogens is 240 g/mol. The molecule has 0 saturated heterocycles. The first-order valence-electron chi connectivity index (χ1n) is 6.37. The van der Waals surface area contributed by atoms with Gasteiger partial charge in [-0.25, -0.2) is 0 Å². The number of pyridine rings is 1. The SMILES string of the molecule is COC(OC)C(C)NCc1ccc2ncccc2c1. The Morgan fingerprint density at radius 3 is 2.74 bits per heavy atom. The predicted molar refractivity (Wildman–Crippen MR) is 75.9 cm³/mol. The minimum Gasteiger partial charge on any atom is -0.354 e. The monoisotopic (exact) mass is 260 g/mol. The molecule has 0 saturated carbocycles. The molecule has 0 spiro atoms. The number of nitrogens with one attached hydrogen (secondary N) is 1. The van der Waals surface area contributed by atoms with Gasteiger partial charge in [0.05, 0.1) is 11.6 Å². The van der Waals surface area contributed by atoms with Crippen molar-refractivity contribution >= 4 is 10.9 Å². The molecule has 4 nitrogen and oxygen atoms in total. The number of aromatic nitrogens is 1. The quantitative estimate of drug-likeness (QED) is 0.810. The van der Waals surface area contributed by atoms with Crippen LogP contribution >= 0.6 is 0 Å². The van der Waals surface area contributed by atoms with Crippen molar-refractivity contribution in [1.29, 1.82) is 0 Å². The third-order valence-electron chi connectivity index (χ3n) is 3.17. The van der Waals surface area contributed by atoms with Crippen molar-refractivity contribution in [2.24, 2.45) is 0 Å². The first-order valence-corrected chi connectivity index (χ1v) is 6.37. The molecule has 1 unspecified atom stereocenters. The minimum atomic E-state index is -0.234. The third kappa shape index (κ3) is 3.50. The van der Waals surface area contributed by atoms with Crippen LogP contribution in [0, 0.1) is 0 Å². The smallest absolute Gasteiger partial charge is 0.171 e. The first kappa shape index (κ1) is 13.9. The van der Waals surface area contributed by atoms with Gasteiger partial charge in [-0.05, 0) is 30.7 Å². The zero-order valence-electron chi connectivity index (χ0n) is 11.6. The fourth-order valence-electron chi connectivity index (χ4n) is 2.11. The van der Waals surface area contributed by atoms with Crippen LogP contribution in [-0.4, -0.2) is 31.5 Å². The lowest BCUT2D eigenvalue weighted by atomic mass is 10.1. The topological polar surface area (TPSA) is 43.4 Å². The maximum absolute atomic E-state index is 5.23. The number of ether oxygens (including phenoxy) is 2. The van der Waals surface area contributed by atoms with E-state index in [1.165, 1.54) is 5.56 Å². The Balaban J connectivity index is 2.01. The summed E-state index contributed by atoms with van der Waals surface area (Å²) in [5, 5.41) is 4.55. The van der Waals surface area contributed by atoms with E-state index in [0.29, 0.717) is 0 Å². The summed E-state index contributed by atoms with van der Waals surface area (Å²) in [7, 11) is 3.29. The Morgan fingerprint density at radius 2 is 2.00 bits per heavy atom. The maximum Gasteiger partial charge on any atom is 0.171 e. The van der Waals surface area contributed by atoms with Gasteiger partial charge in [-0.2, -0.15) is 0 Å². The van der Waals surface area contributed by atoms with Crippen LogP contribution in [0.2, 0.25) is 0 Å². The molecule has 0 aliphatic heterocycles. The summed E-state index contributed by atoms with van der Waals surface area (Å²) in [6.07, 6.45) is 1.58. The van der Waals surface area contributed by atoms with Crippen molar-refractivity contribution in [2.45, 2.75) is 25.8 Å². The van der Waals surface area contributed by atoms with E-state index in [1.807, 2.05) is 25.3 Å². The van der Waals surface area contributed by atoms with Crippen molar-refractivity contribution in [3.05, 3.63) is 42.1 Å². The molecule has 1 N–H and O–H groups in total. The lowest BCUT2D eigenvalue weighted by Crippen LogP contribution is -2.39. The Hall–Kier alpha value is -1.49. The van der Waals surface area contributed by atoms with Crippen LogP contribution in [0.15, 0.2) is 36.5 Å². The predicted octanol–water partition coefficient (Wildman–Crippen LogP) is 2.33. The molecule has 0 aliphatic carbocycles. The zero-order valence-corrected chi connectivity index (χ0v) is 11.6. The minimum absolute atomic E-state index is 0.125. The van der Waals surface area contributed by atoms with Crippen molar-refractivity contribution < 1.29 is 9.47 Å². The van der Waals surface area contributed by atoms with Gasteiger partial charge >= 0.3 is 0 Å². The second-order valence-corrected chi connectivity index (χ2v) is 4.54. The van der Waals surface area contributed by atoms with E-state index in [-0.39, 0.29) is 12.3 Å². The van der Waals surface area contributed by atoms with E-state index in [9.17, 15) is 0 Å². The second-order valence-electron chi connectivity index (χ2n) is 4.54. The number of methoxy groups -OCH3 is 2. The van der Waals surface area contributed by atoms with E-state index >= 15 is 0 Å². The van der Waals surface area contributed by atoms with Crippen LogP contribution in [0.25, 0.3) is 10.9 Å². The van der Waals surface area contributed by atoms with E-state index in [1.54, 1.807) is 14.2 Å². The first-order chi connectivity index (χ1) is 9.24. The molecule has 0 aliphatic rings. The number of nitrogens with zero attached hydrogens (tertiary/aromatic N) is 1. The van der Waals surface area contributed by atoms with Gasteiger partial charge in [0.1, 0.15) is 0 Å². The van der Waals surface area contributed by atoms with E-state index < -0.39 is 0 Å². The highest BCUT2D eigenvalue weighted by Crippen LogP contribution is 2.13. The van der Waals surface area contributed by atoms with Crippen LogP contribution in [0.1, 0.15) is 12.5 Å². The molecule has 4 heteroatoms. The molecule has 19 heavy (non-hydrogen) atoms. The highest BCUT2D eigenvalue weighted by molar-refractivity contribution is 5.78. The third-order valence-corrected chi connectivity index (χ3v) is 3.17. The Morgan fingerprint density at radius 1 is 1.21 bits per heavy atom. The largest absolute Gasteiger partial charge is 0.354 e. The fraction of sp³-hybridized carbons (Fsp3) is 0.400. The van der Waals surface area contributed by atoms with Crippen molar-refractivity contribution in [2.75, 3.05) is 14.2 Å². The molecule has 0 bridgehead atoms. The van der Waals surface area contributed by atoms with Gasteiger partial charge in [0.2, 0.25) is 0 Å². The maximum atomic E-state index is 5.23. The molecular formula is C15H20N2O2. The number of fused-ring (bicyclic) bond motifs is 1. The molecule has 1 heterocycles. The molecule has 1 aromatic heterocycles. The summed E-state index contributed by atoms with van der Waals surface area (Å²) in [5.74, 6) is 0. The standard InChI is InChI=1S/C15H20N2O2/c1-11(15(18-2)19-3)17-10-12-6-7-14-13(9-12)5-4-8-16-14/h4-9,11,15,17H,10H2,1-3H3. The van der Waals surface area contributed by atoms with E-state index in [4.69, 9.17) is 9.47 Å². The molecule has 2 rings (SSSR count). The summed E-state index contributed by atoms with van der Waals surface area (Å²) < 4.78 is 10.5. The average Bonchev–Trinajstić information content (AvgIpc) is 2.46. The molecule has 0 amide bonds. The lowest BCUT2D eigenvalue weighted by molar-refractivity contribution is -0.119. The summed E-state index contributed by atoms with van der Waals surface area (Å²) in [6, 6.07) is 10.4. The summed E-state index contributed by atoms with van der Waals surface area (Å²) >= 11 is 0. The number of benzene rings is 1. The molecule has 2 aromatic rings. The van der Waals surface area contributed by atoms with Crippen LogP contribution in [0.4, 0.5) is 0 Å². The van der Waals surface area contributed by atoms with E-state index in [0.717, 1.165) is 17.4 Å². The second kappa shape index (κ2) is 6.61. The lowest BCUT2D eigenvalue weighted by Gasteiger charge is -2.22. The number of hydrogen-bond acceptors (Lipinski definition) is 4. The van der Waals surface area contributed by atoms with Crippen molar-refractivity contribution in [1.82, 2.24) is 10.3 Å².